The summed E-state index contributed by atoms with van der Waals surface area (Å²) in [5, 5.41) is 225. The van der Waals surface area contributed by atoms with Crippen molar-refractivity contribution in [3.63, 3.8) is 0 Å². The maximum atomic E-state index is 15.7. The van der Waals surface area contributed by atoms with Crippen LogP contribution in [0.4, 0.5) is 0 Å². The average Bonchev–Trinajstić information content (AvgIpc) is 1.17. The van der Waals surface area contributed by atoms with Gasteiger partial charge in [-0.3, -0.25) is 9.59 Å². The van der Waals surface area contributed by atoms with Gasteiger partial charge in [0, 0.05) is 12.3 Å². The SMILES string of the molecule is CC(=O)N[C@H]1[C@H](O[C@H]2CC[C@]3(C)[C@H]4CC=C5[C@@H]6CC(C)(C)CC[C@]6(C(=O)O[C@@H]6O[C@H](CO)[C@@H](O)[C@H](O)[C@H]6O[C@@H]6OC[C@](O)(CO[C@@H]7OC[C@](O)(CO)[C@H]7O)[C@H]6O)[C@H](O)[C@H](O)[C@@]5(C)[C@]4(C)CC[C@H]3C2(C)C)O[C@H](CO[C@@H]2OC[C@H](O)[C@H](O[C@@H]3OC[C@@H](O)[C@H](O)[C@H]3O)[C@H]2O)[C@@H](O[C@@H]2O[C@H](CO)[C@@H](O)[C@H](O)[C@H]2O)[C@@H]1O. The standard InChI is InChI=1S/C70H113NO36/c1-27(75)71-38-42(81)49(105-58-46(85)43(82)40(79)32(18-72)100-58)34(22-96-56-47(86)48(31(77)21-94-56)104-57-45(84)39(78)30(76)20-95-57)102-55(38)103-37-12-13-65(6)35(64(37,4)5)11-14-66(7)36(65)10-9-28-29-17-63(2,3)15-16-70(29,52(88)51(87)67(28,66)8)62(91)107-59-50(44(83)41(80)33(19-73)101-59)106-61-54(90)69(93,26-99-61)25-98-60-53(89)68(92,23-74)24-97-60/h9,29-61,72-74,76-90,92-93H,10-26H2,1-8H3,(H,71,75)/t29-,30+,31-,32+,33+,34+,35-,36+,37-,38+,39-,40+,41+,42+,43-,44-,45+,46+,47+,48-,49+,50+,51-,52+,53-,54-,55-,56-,57-,58-,59-,60-,61-,65-,66+,67-,68+,69+,70+/m0/s1. The number of fused-ring (bicyclic) bond motifs is 7. The molecule has 7 heterocycles. The second-order valence-corrected chi connectivity index (χ2v) is 34.1. The van der Waals surface area contributed by atoms with Crippen molar-refractivity contribution in [3.8, 4) is 0 Å². The van der Waals surface area contributed by atoms with E-state index < -0.39 is 305 Å². The third-order valence-electron chi connectivity index (χ3n) is 26.9. The average molecular weight is 1540 g/mol. The number of carbonyl (C=O) groups is 2. The van der Waals surface area contributed by atoms with Gasteiger partial charge >= 0.3 is 5.97 Å². The number of amides is 1. The van der Waals surface area contributed by atoms with Gasteiger partial charge in [-0.15, -0.1) is 0 Å². The Hall–Kier alpha value is -2.64. The number of allylic oxidation sites excluding steroid dienone is 1. The molecular weight excluding hydrogens is 1430 g/mol. The molecule has 11 fully saturated rings. The molecular formula is C70H113NO36. The van der Waals surface area contributed by atoms with Crippen LogP contribution in [-0.4, -0.2) is 369 Å². The van der Waals surface area contributed by atoms with Crippen molar-refractivity contribution in [2.75, 3.05) is 59.5 Å². The first-order valence-electron chi connectivity index (χ1n) is 37.1. The molecule has 0 bridgehead atoms. The van der Waals surface area contributed by atoms with Gasteiger partial charge in [0.15, 0.2) is 43.8 Å². The first-order chi connectivity index (χ1) is 50.1. The minimum absolute atomic E-state index is 0.0170. The Bertz CT molecular complexity index is 3120. The molecule has 37 heteroatoms. The molecule has 12 aliphatic rings. The zero-order valence-corrected chi connectivity index (χ0v) is 61.1. The van der Waals surface area contributed by atoms with Gasteiger partial charge in [-0.05, 0) is 90.8 Å². The lowest BCUT2D eigenvalue weighted by Crippen LogP contribution is -2.73. The number of carbonyl (C=O) groups excluding carboxylic acids is 2. The van der Waals surface area contributed by atoms with E-state index in [-0.39, 0.29) is 18.3 Å². The fourth-order valence-corrected chi connectivity index (χ4v) is 20.3. The molecule has 0 radical (unpaired) electrons. The predicted molar refractivity (Wildman–Crippen MR) is 351 cm³/mol. The molecule has 39 atom stereocenters. The van der Waals surface area contributed by atoms with Crippen LogP contribution in [0.5, 0.6) is 0 Å². The zero-order chi connectivity index (χ0) is 78.1. The van der Waals surface area contributed by atoms with E-state index in [2.05, 4.69) is 25.2 Å². The zero-order valence-electron chi connectivity index (χ0n) is 61.1. The van der Waals surface area contributed by atoms with Gasteiger partial charge in [0.2, 0.25) is 12.2 Å². The largest absolute Gasteiger partial charge is 0.432 e. The fourth-order valence-electron chi connectivity index (χ4n) is 20.3. The highest BCUT2D eigenvalue weighted by molar-refractivity contribution is 5.80. The van der Waals surface area contributed by atoms with E-state index in [0.29, 0.717) is 44.9 Å². The quantitative estimate of drug-likeness (QED) is 0.0306. The van der Waals surface area contributed by atoms with E-state index in [9.17, 15) is 107 Å². The molecule has 4 saturated carbocycles. The summed E-state index contributed by atoms with van der Waals surface area (Å²) in [5.41, 5.74) is -9.39. The second kappa shape index (κ2) is 31.2. The Labute approximate surface area is 617 Å². The number of ether oxygens (including phenoxy) is 14. The summed E-state index contributed by atoms with van der Waals surface area (Å²) in [7, 11) is 0. The normalized spacial score (nSPS) is 53.2. The summed E-state index contributed by atoms with van der Waals surface area (Å²) in [6, 6.07) is -1.47. The van der Waals surface area contributed by atoms with Crippen LogP contribution in [0.1, 0.15) is 107 Å². The van der Waals surface area contributed by atoms with Crippen molar-refractivity contribution < 1.29 is 178 Å². The van der Waals surface area contributed by atoms with E-state index in [4.69, 9.17) is 66.3 Å². The van der Waals surface area contributed by atoms with Crippen LogP contribution in [0, 0.1) is 50.2 Å². The number of aliphatic hydroxyl groups is 20. The van der Waals surface area contributed by atoms with Crippen molar-refractivity contribution >= 4 is 11.9 Å². The molecule has 12 rings (SSSR count). The molecule has 7 saturated heterocycles. The molecule has 37 nitrogen and oxygen atoms in total. The minimum Gasteiger partial charge on any atom is -0.432 e. The van der Waals surface area contributed by atoms with E-state index >= 15 is 4.79 Å². The van der Waals surface area contributed by atoms with Crippen molar-refractivity contribution in [2.45, 2.75) is 302 Å². The van der Waals surface area contributed by atoms with E-state index in [1.165, 1.54) is 6.92 Å². The molecule has 614 valence electrons. The summed E-state index contributed by atoms with van der Waals surface area (Å²) in [4.78, 5) is 28.9. The van der Waals surface area contributed by atoms with Crippen molar-refractivity contribution in [3.05, 3.63) is 11.6 Å². The van der Waals surface area contributed by atoms with E-state index in [1.54, 1.807) is 0 Å². The molecule has 7 aliphatic heterocycles. The summed E-state index contributed by atoms with van der Waals surface area (Å²) in [6.45, 7) is 9.29. The lowest BCUT2D eigenvalue weighted by molar-refractivity contribution is -0.364. The minimum atomic E-state index is -2.31. The highest BCUT2D eigenvalue weighted by atomic mass is 16.8. The lowest BCUT2D eigenvalue weighted by Gasteiger charge is -2.72. The number of hydrogen-bond donors (Lipinski definition) is 21. The highest BCUT2D eigenvalue weighted by Crippen LogP contribution is 2.76. The van der Waals surface area contributed by atoms with Gasteiger partial charge in [0.1, 0.15) is 133 Å². The van der Waals surface area contributed by atoms with Crippen molar-refractivity contribution in [1.82, 2.24) is 5.32 Å². The number of rotatable bonds is 20. The molecule has 107 heavy (non-hydrogen) atoms. The topological polar surface area (TPSA) is 580 Å². The Kier molecular flexibility index (Phi) is 24.4. The van der Waals surface area contributed by atoms with Crippen LogP contribution >= 0.6 is 0 Å². The monoisotopic (exact) mass is 1540 g/mol. The molecule has 0 aromatic heterocycles. The summed E-state index contributed by atoms with van der Waals surface area (Å²) >= 11 is 0. The van der Waals surface area contributed by atoms with Crippen LogP contribution in [0.3, 0.4) is 0 Å². The third-order valence-corrected chi connectivity index (χ3v) is 26.9. The Morgan fingerprint density at radius 3 is 1.79 bits per heavy atom. The number of hydrogen-bond acceptors (Lipinski definition) is 36. The summed E-state index contributed by atoms with van der Waals surface area (Å²) in [6.07, 6.45) is -44.8. The van der Waals surface area contributed by atoms with Crippen LogP contribution in [0.15, 0.2) is 11.6 Å². The Balaban J connectivity index is 0.786. The summed E-state index contributed by atoms with van der Waals surface area (Å²) in [5.74, 6) is -2.91. The van der Waals surface area contributed by atoms with Crippen molar-refractivity contribution in [1.29, 1.82) is 0 Å². The first kappa shape index (κ1) is 83.8. The van der Waals surface area contributed by atoms with Gasteiger partial charge in [-0.1, -0.05) is 60.1 Å². The third kappa shape index (κ3) is 14.4. The first-order valence-corrected chi connectivity index (χ1v) is 37.1. The predicted octanol–water partition coefficient (Wildman–Crippen LogP) is -7.92. The van der Waals surface area contributed by atoms with E-state index in [0.717, 1.165) is 5.57 Å². The Morgan fingerprint density at radius 2 is 1.12 bits per heavy atom. The smallest absolute Gasteiger partial charge is 0.317 e. The van der Waals surface area contributed by atoms with Crippen LogP contribution in [0.2, 0.25) is 0 Å². The van der Waals surface area contributed by atoms with Crippen LogP contribution < -0.4 is 5.32 Å². The van der Waals surface area contributed by atoms with Gasteiger partial charge in [-0.25, -0.2) is 0 Å². The Morgan fingerprint density at radius 1 is 0.523 bits per heavy atom. The maximum absolute atomic E-state index is 15.7. The van der Waals surface area contributed by atoms with E-state index in [1.807, 2.05) is 34.6 Å². The molecule has 0 aromatic carbocycles. The summed E-state index contributed by atoms with van der Waals surface area (Å²) < 4.78 is 83.3. The van der Waals surface area contributed by atoms with Gasteiger partial charge in [0.05, 0.1) is 77.8 Å². The molecule has 5 aliphatic carbocycles. The lowest BCUT2D eigenvalue weighted by atomic mass is 9.32. The fraction of sp³-hybridized carbons (Fsp3) is 0.943. The molecule has 0 spiro atoms. The molecule has 0 unspecified atom stereocenters. The van der Waals surface area contributed by atoms with Crippen LogP contribution in [0.25, 0.3) is 0 Å². The number of esters is 1. The van der Waals surface area contributed by atoms with Crippen molar-refractivity contribution in [2.24, 2.45) is 50.2 Å². The highest BCUT2D eigenvalue weighted by Gasteiger charge is 2.75. The maximum Gasteiger partial charge on any atom is 0.317 e. The molecule has 1 amide bonds. The van der Waals surface area contributed by atoms with Crippen LogP contribution in [-0.2, 0) is 75.9 Å². The number of aliphatic hydroxyl groups excluding tert-OH is 18. The molecule has 0 aromatic rings. The van der Waals surface area contributed by atoms with Gasteiger partial charge < -0.3 is 174 Å². The van der Waals surface area contributed by atoms with Gasteiger partial charge in [-0.2, -0.15) is 0 Å². The molecule has 21 N–H and O–H groups in total. The second-order valence-electron chi connectivity index (χ2n) is 34.1. The number of nitrogens with one attached hydrogen (secondary N) is 1. The van der Waals surface area contributed by atoms with Gasteiger partial charge in [0.25, 0.3) is 0 Å².